The van der Waals surface area contributed by atoms with Gasteiger partial charge in [0.2, 0.25) is 0 Å². The summed E-state index contributed by atoms with van der Waals surface area (Å²) in [5.74, 6) is -0.829. The first-order valence-electron chi connectivity index (χ1n) is 11.5. The summed E-state index contributed by atoms with van der Waals surface area (Å²) in [6, 6.07) is 29.1. The van der Waals surface area contributed by atoms with Crippen molar-refractivity contribution < 1.29 is 23.8 Å². The molecule has 1 aromatic heterocycles. The second-order valence-corrected chi connectivity index (χ2v) is 8.24. The van der Waals surface area contributed by atoms with Crippen molar-refractivity contribution in [3.8, 4) is 28.2 Å². The van der Waals surface area contributed by atoms with Crippen LogP contribution in [-0.4, -0.2) is 22.0 Å². The van der Waals surface area contributed by atoms with E-state index >= 15 is 0 Å². The molecule has 1 amide bonds. The number of nitrogens with one attached hydrogen (secondary N) is 1. The summed E-state index contributed by atoms with van der Waals surface area (Å²) in [5, 5.41) is 12.5. The number of amides is 1. The third-order valence-corrected chi connectivity index (χ3v) is 5.78. The molecule has 0 bridgehead atoms. The van der Waals surface area contributed by atoms with E-state index in [-0.39, 0.29) is 23.4 Å². The Kier molecular flexibility index (Phi) is 6.76. The van der Waals surface area contributed by atoms with Gasteiger partial charge < -0.3 is 19.6 Å². The molecule has 0 spiro atoms. The van der Waals surface area contributed by atoms with Crippen molar-refractivity contribution in [3.05, 3.63) is 126 Å². The Hall–Kier alpha value is -5.17. The van der Waals surface area contributed by atoms with Crippen LogP contribution in [0.3, 0.4) is 0 Å². The molecule has 5 rings (SSSR count). The quantitative estimate of drug-likeness (QED) is 0.256. The molecule has 7 nitrogen and oxygen atoms in total. The van der Waals surface area contributed by atoms with Crippen molar-refractivity contribution in [2.24, 2.45) is 0 Å². The fourth-order valence-corrected chi connectivity index (χ4v) is 3.91. The molecule has 0 aliphatic rings. The lowest BCUT2D eigenvalue weighted by Gasteiger charge is -2.15. The molecular weight excluding hydrogens is 468 g/mol. The minimum Gasteiger partial charge on any atom is -0.488 e. The van der Waals surface area contributed by atoms with E-state index in [1.807, 2.05) is 60.7 Å². The molecule has 0 aliphatic carbocycles. The summed E-state index contributed by atoms with van der Waals surface area (Å²) in [6.45, 7) is 0.257. The van der Waals surface area contributed by atoms with Gasteiger partial charge in [0.25, 0.3) is 5.91 Å². The van der Waals surface area contributed by atoms with Gasteiger partial charge >= 0.3 is 5.97 Å². The highest BCUT2D eigenvalue weighted by atomic mass is 16.5. The molecule has 0 fully saturated rings. The van der Waals surface area contributed by atoms with Crippen molar-refractivity contribution >= 4 is 17.6 Å². The lowest BCUT2D eigenvalue weighted by molar-refractivity contribution is 0.0698. The first kappa shape index (κ1) is 23.6. The zero-order valence-corrected chi connectivity index (χ0v) is 19.6. The largest absolute Gasteiger partial charge is 0.488 e. The standard InChI is InChI=1S/C30H22N2O5/c33-29(32-26-16-22(11-13-24(26)30(34)35)21-9-5-2-6-10-21)25-15-23(28-17-31-19-37-28)12-14-27(25)36-18-20-7-3-1-4-8-20/h1-17,19H,18H2,(H,32,33)(H,34,35). The summed E-state index contributed by atoms with van der Waals surface area (Å²) in [7, 11) is 0. The summed E-state index contributed by atoms with van der Waals surface area (Å²) < 4.78 is 11.4. The van der Waals surface area contributed by atoms with E-state index in [1.54, 1.807) is 36.5 Å². The van der Waals surface area contributed by atoms with E-state index in [2.05, 4.69) is 10.3 Å². The summed E-state index contributed by atoms with van der Waals surface area (Å²) in [5.41, 5.74) is 3.63. The molecule has 0 saturated heterocycles. The van der Waals surface area contributed by atoms with Gasteiger partial charge in [-0.25, -0.2) is 9.78 Å². The van der Waals surface area contributed by atoms with E-state index in [9.17, 15) is 14.7 Å². The molecule has 182 valence electrons. The predicted octanol–water partition coefficient (Wildman–Crippen LogP) is 6.54. The molecule has 2 N–H and O–H groups in total. The normalized spacial score (nSPS) is 10.6. The van der Waals surface area contributed by atoms with Crippen LogP contribution in [0.5, 0.6) is 5.75 Å². The Morgan fingerprint density at radius 3 is 2.24 bits per heavy atom. The van der Waals surface area contributed by atoms with Crippen LogP contribution in [0.25, 0.3) is 22.5 Å². The number of hydrogen-bond acceptors (Lipinski definition) is 5. The minimum absolute atomic E-state index is 0.0221. The number of nitrogens with zero attached hydrogens (tertiary/aromatic N) is 1. The topological polar surface area (TPSA) is 102 Å². The number of carbonyl (C=O) groups is 2. The maximum atomic E-state index is 13.6. The molecule has 4 aromatic carbocycles. The van der Waals surface area contributed by atoms with Crippen LogP contribution < -0.4 is 10.1 Å². The van der Waals surface area contributed by atoms with Gasteiger partial charge in [-0.2, -0.15) is 0 Å². The predicted molar refractivity (Wildman–Crippen MR) is 140 cm³/mol. The van der Waals surface area contributed by atoms with Crippen LogP contribution in [0, 0.1) is 0 Å². The number of ether oxygens (including phenoxy) is 1. The zero-order valence-electron chi connectivity index (χ0n) is 19.6. The zero-order chi connectivity index (χ0) is 25.6. The van der Waals surface area contributed by atoms with Crippen LogP contribution in [0.1, 0.15) is 26.3 Å². The van der Waals surface area contributed by atoms with E-state index in [0.717, 1.165) is 16.7 Å². The van der Waals surface area contributed by atoms with E-state index in [0.29, 0.717) is 17.1 Å². The van der Waals surface area contributed by atoms with E-state index in [1.165, 1.54) is 12.5 Å². The van der Waals surface area contributed by atoms with Gasteiger partial charge in [-0.05, 0) is 47.0 Å². The van der Waals surface area contributed by atoms with Crippen LogP contribution in [0.15, 0.2) is 114 Å². The number of aromatic carboxylic acids is 1. The molecule has 5 aromatic rings. The summed E-state index contributed by atoms with van der Waals surface area (Å²) >= 11 is 0. The summed E-state index contributed by atoms with van der Waals surface area (Å²) in [4.78, 5) is 29.4. The average molecular weight is 491 g/mol. The van der Waals surface area contributed by atoms with Crippen LogP contribution in [0.4, 0.5) is 5.69 Å². The molecule has 37 heavy (non-hydrogen) atoms. The highest BCUT2D eigenvalue weighted by molar-refractivity contribution is 6.10. The highest BCUT2D eigenvalue weighted by Gasteiger charge is 2.19. The number of carboxylic acid groups (broad SMARTS) is 1. The molecule has 0 unspecified atom stereocenters. The fourth-order valence-electron chi connectivity index (χ4n) is 3.91. The van der Waals surface area contributed by atoms with E-state index in [4.69, 9.17) is 9.15 Å². The number of oxazole rings is 1. The number of benzene rings is 4. The van der Waals surface area contributed by atoms with Crippen LogP contribution >= 0.6 is 0 Å². The van der Waals surface area contributed by atoms with Crippen LogP contribution in [-0.2, 0) is 6.61 Å². The number of carboxylic acids is 1. The third kappa shape index (κ3) is 5.41. The molecular formula is C30H22N2O5. The molecule has 0 aliphatic heterocycles. The first-order valence-corrected chi connectivity index (χ1v) is 11.5. The van der Waals surface area contributed by atoms with Gasteiger partial charge in [0.15, 0.2) is 12.2 Å². The highest BCUT2D eigenvalue weighted by Crippen LogP contribution is 2.30. The number of aromatic nitrogens is 1. The number of hydrogen-bond donors (Lipinski definition) is 2. The average Bonchev–Trinajstić information content (AvgIpc) is 3.48. The number of carbonyl (C=O) groups excluding carboxylic acids is 1. The van der Waals surface area contributed by atoms with Gasteiger partial charge in [0.05, 0.1) is 23.0 Å². The molecule has 0 atom stereocenters. The summed E-state index contributed by atoms with van der Waals surface area (Å²) in [6.07, 6.45) is 2.86. The molecule has 1 heterocycles. The fraction of sp³-hybridized carbons (Fsp3) is 0.0333. The molecule has 0 saturated carbocycles. The molecule has 0 radical (unpaired) electrons. The van der Waals surface area contributed by atoms with Gasteiger partial charge in [-0.15, -0.1) is 0 Å². The van der Waals surface area contributed by atoms with Crippen molar-refractivity contribution in [1.82, 2.24) is 4.98 Å². The van der Waals surface area contributed by atoms with Gasteiger partial charge in [-0.3, -0.25) is 4.79 Å². The van der Waals surface area contributed by atoms with Gasteiger partial charge in [0.1, 0.15) is 12.4 Å². The lowest BCUT2D eigenvalue weighted by Crippen LogP contribution is -2.16. The van der Waals surface area contributed by atoms with Crippen molar-refractivity contribution in [2.75, 3.05) is 5.32 Å². The second-order valence-electron chi connectivity index (χ2n) is 8.24. The molecule has 7 heteroatoms. The second kappa shape index (κ2) is 10.6. The number of rotatable bonds is 8. The van der Waals surface area contributed by atoms with Crippen molar-refractivity contribution in [3.63, 3.8) is 0 Å². The third-order valence-electron chi connectivity index (χ3n) is 5.78. The lowest BCUT2D eigenvalue weighted by atomic mass is 10.0. The smallest absolute Gasteiger partial charge is 0.337 e. The SMILES string of the molecule is O=C(O)c1ccc(-c2ccccc2)cc1NC(=O)c1cc(-c2cnco2)ccc1OCc1ccccc1. The maximum Gasteiger partial charge on any atom is 0.337 e. The first-order chi connectivity index (χ1) is 18.1. The number of anilines is 1. The van der Waals surface area contributed by atoms with Crippen LogP contribution in [0.2, 0.25) is 0 Å². The Balaban J connectivity index is 1.50. The Bertz CT molecular complexity index is 1530. The minimum atomic E-state index is -1.15. The van der Waals surface area contributed by atoms with Gasteiger partial charge in [-0.1, -0.05) is 66.7 Å². The monoisotopic (exact) mass is 490 g/mol. The Morgan fingerprint density at radius 1 is 0.811 bits per heavy atom. The van der Waals surface area contributed by atoms with Gasteiger partial charge in [0, 0.05) is 5.56 Å². The Labute approximate surface area is 213 Å². The Morgan fingerprint density at radius 2 is 1.54 bits per heavy atom. The maximum absolute atomic E-state index is 13.6. The van der Waals surface area contributed by atoms with E-state index < -0.39 is 11.9 Å². The van der Waals surface area contributed by atoms with Crippen molar-refractivity contribution in [2.45, 2.75) is 6.61 Å². The van der Waals surface area contributed by atoms with Crippen molar-refractivity contribution in [1.29, 1.82) is 0 Å².